The Balaban J connectivity index is 1.87. The van der Waals surface area contributed by atoms with Gasteiger partial charge in [-0.2, -0.15) is 0 Å². The fraction of sp³-hybridized carbons (Fsp3) is 0.350. The first-order valence-electron chi connectivity index (χ1n) is 8.91. The van der Waals surface area contributed by atoms with Crippen molar-refractivity contribution in [3.63, 3.8) is 0 Å². The number of ether oxygens (including phenoxy) is 2. The number of benzene rings is 2. The molecule has 1 amide bonds. The van der Waals surface area contributed by atoms with Crippen LogP contribution in [0.3, 0.4) is 0 Å². The summed E-state index contributed by atoms with van der Waals surface area (Å²) in [6, 6.07) is 12.0. The molecule has 0 radical (unpaired) electrons. The van der Waals surface area contributed by atoms with Crippen LogP contribution >= 0.6 is 0 Å². The molecule has 7 heteroatoms. The van der Waals surface area contributed by atoms with Crippen molar-refractivity contribution in [2.75, 3.05) is 20.3 Å². The van der Waals surface area contributed by atoms with Crippen LogP contribution < -0.4 is 9.47 Å². The van der Waals surface area contributed by atoms with Gasteiger partial charge in [-0.3, -0.25) is 14.9 Å². The molecule has 1 fully saturated rings. The number of nitrogens with zero attached hydrogens (tertiary/aromatic N) is 2. The van der Waals surface area contributed by atoms with Crippen LogP contribution in [0.15, 0.2) is 42.5 Å². The summed E-state index contributed by atoms with van der Waals surface area (Å²) in [5.41, 5.74) is 1.13. The van der Waals surface area contributed by atoms with E-state index in [1.54, 1.807) is 25.0 Å². The van der Waals surface area contributed by atoms with E-state index in [2.05, 4.69) is 0 Å². The number of nitro benzene ring substituents is 1. The van der Waals surface area contributed by atoms with Crippen molar-refractivity contribution in [2.24, 2.45) is 0 Å². The first kappa shape index (κ1) is 18.7. The van der Waals surface area contributed by atoms with Gasteiger partial charge in [-0.15, -0.1) is 0 Å². The van der Waals surface area contributed by atoms with Crippen LogP contribution in [-0.4, -0.2) is 36.0 Å². The van der Waals surface area contributed by atoms with E-state index in [1.165, 1.54) is 12.1 Å². The van der Waals surface area contributed by atoms with Crippen LogP contribution in [-0.2, 0) is 0 Å². The number of hydrogen-bond donors (Lipinski definition) is 0. The molecule has 1 aliphatic heterocycles. The van der Waals surface area contributed by atoms with Gasteiger partial charge >= 0.3 is 5.69 Å². The molecule has 1 aliphatic rings. The molecule has 0 N–H and O–H groups in total. The molecular weight excluding hydrogens is 348 g/mol. The summed E-state index contributed by atoms with van der Waals surface area (Å²) in [5.74, 6) is 0.725. The van der Waals surface area contributed by atoms with Crippen molar-refractivity contribution in [1.82, 2.24) is 4.90 Å². The molecule has 2 aromatic carbocycles. The average Bonchev–Trinajstić information content (AvgIpc) is 3.17. The molecule has 1 unspecified atom stereocenters. The maximum Gasteiger partial charge on any atom is 0.311 e. The van der Waals surface area contributed by atoms with Crippen LogP contribution in [0, 0.1) is 10.1 Å². The number of methoxy groups -OCH3 is 1. The van der Waals surface area contributed by atoms with Crippen molar-refractivity contribution in [3.05, 3.63) is 63.7 Å². The zero-order valence-electron chi connectivity index (χ0n) is 15.4. The number of hydrogen-bond acceptors (Lipinski definition) is 5. The van der Waals surface area contributed by atoms with Crippen LogP contribution in [0.5, 0.6) is 11.5 Å². The quantitative estimate of drug-likeness (QED) is 0.567. The van der Waals surface area contributed by atoms with Gasteiger partial charge < -0.3 is 14.4 Å². The molecule has 3 rings (SSSR count). The molecular formula is C20H22N2O5. The molecule has 0 aromatic heterocycles. The topological polar surface area (TPSA) is 81.9 Å². The monoisotopic (exact) mass is 370 g/mol. The molecule has 0 saturated carbocycles. The third-order valence-corrected chi connectivity index (χ3v) is 4.72. The van der Waals surface area contributed by atoms with Crippen molar-refractivity contribution in [3.8, 4) is 11.5 Å². The Labute approximate surface area is 157 Å². The van der Waals surface area contributed by atoms with Crippen LogP contribution in [0.4, 0.5) is 5.69 Å². The van der Waals surface area contributed by atoms with Crippen LogP contribution in [0.25, 0.3) is 0 Å². The minimum absolute atomic E-state index is 0.0472. The number of nitro groups is 1. The predicted octanol–water partition coefficient (Wildman–Crippen LogP) is 3.98. The minimum Gasteiger partial charge on any atom is -0.497 e. The normalized spacial score (nSPS) is 16.2. The largest absolute Gasteiger partial charge is 0.497 e. The Morgan fingerprint density at radius 2 is 2.00 bits per heavy atom. The summed E-state index contributed by atoms with van der Waals surface area (Å²) >= 11 is 0. The summed E-state index contributed by atoms with van der Waals surface area (Å²) in [5, 5.41) is 11.3. The molecule has 2 aromatic rings. The van der Waals surface area contributed by atoms with E-state index in [0.29, 0.717) is 18.7 Å². The number of likely N-dealkylation sites (tertiary alicyclic amines) is 1. The summed E-state index contributed by atoms with van der Waals surface area (Å²) in [6.07, 6.45) is 1.75. The van der Waals surface area contributed by atoms with Gasteiger partial charge in [0.1, 0.15) is 5.75 Å². The second-order valence-electron chi connectivity index (χ2n) is 6.30. The Kier molecular flexibility index (Phi) is 5.59. The fourth-order valence-corrected chi connectivity index (χ4v) is 3.42. The van der Waals surface area contributed by atoms with Gasteiger partial charge in [0.05, 0.1) is 24.7 Å². The summed E-state index contributed by atoms with van der Waals surface area (Å²) in [7, 11) is 1.61. The lowest BCUT2D eigenvalue weighted by molar-refractivity contribution is -0.385. The molecule has 1 saturated heterocycles. The molecule has 142 valence electrons. The lowest BCUT2D eigenvalue weighted by atomic mass is 10.0. The highest BCUT2D eigenvalue weighted by molar-refractivity contribution is 5.95. The van der Waals surface area contributed by atoms with Crippen LogP contribution in [0.1, 0.15) is 41.7 Å². The van der Waals surface area contributed by atoms with Crippen molar-refractivity contribution < 1.29 is 19.2 Å². The van der Waals surface area contributed by atoms with E-state index < -0.39 is 4.92 Å². The van der Waals surface area contributed by atoms with Crippen molar-refractivity contribution in [1.29, 1.82) is 0 Å². The van der Waals surface area contributed by atoms with Gasteiger partial charge in [0.2, 0.25) is 0 Å². The van der Waals surface area contributed by atoms with Gasteiger partial charge in [0.25, 0.3) is 5.91 Å². The van der Waals surface area contributed by atoms with E-state index in [-0.39, 0.29) is 23.4 Å². The zero-order chi connectivity index (χ0) is 19.4. The molecule has 27 heavy (non-hydrogen) atoms. The second kappa shape index (κ2) is 8.07. The average molecular weight is 370 g/mol. The Morgan fingerprint density at radius 3 is 2.63 bits per heavy atom. The second-order valence-corrected chi connectivity index (χ2v) is 6.30. The van der Waals surface area contributed by atoms with Crippen molar-refractivity contribution >= 4 is 11.6 Å². The summed E-state index contributed by atoms with van der Waals surface area (Å²) in [6.45, 7) is 2.70. The minimum atomic E-state index is -0.521. The Hall–Kier alpha value is -3.09. The highest BCUT2D eigenvalue weighted by Crippen LogP contribution is 2.35. The predicted molar refractivity (Wildman–Crippen MR) is 100 cm³/mol. The van der Waals surface area contributed by atoms with E-state index in [9.17, 15) is 14.9 Å². The van der Waals surface area contributed by atoms with E-state index >= 15 is 0 Å². The van der Waals surface area contributed by atoms with Gasteiger partial charge in [0, 0.05) is 18.2 Å². The van der Waals surface area contributed by atoms with Gasteiger partial charge in [-0.25, -0.2) is 0 Å². The summed E-state index contributed by atoms with van der Waals surface area (Å²) < 4.78 is 10.5. The van der Waals surface area contributed by atoms with E-state index in [1.807, 2.05) is 24.3 Å². The first-order valence-corrected chi connectivity index (χ1v) is 8.91. The maximum absolute atomic E-state index is 13.0. The zero-order valence-corrected chi connectivity index (χ0v) is 15.4. The highest BCUT2D eigenvalue weighted by Gasteiger charge is 2.31. The summed E-state index contributed by atoms with van der Waals surface area (Å²) in [4.78, 5) is 25.6. The third-order valence-electron chi connectivity index (χ3n) is 4.72. The third kappa shape index (κ3) is 3.86. The lowest BCUT2D eigenvalue weighted by Gasteiger charge is -2.25. The lowest BCUT2D eigenvalue weighted by Crippen LogP contribution is -2.30. The maximum atomic E-state index is 13.0. The van der Waals surface area contributed by atoms with E-state index in [4.69, 9.17) is 9.47 Å². The molecule has 0 spiro atoms. The number of amides is 1. The highest BCUT2D eigenvalue weighted by atomic mass is 16.6. The first-order chi connectivity index (χ1) is 13.0. The van der Waals surface area contributed by atoms with Gasteiger partial charge in [-0.1, -0.05) is 12.1 Å². The molecule has 0 aliphatic carbocycles. The molecule has 1 heterocycles. The molecule has 0 bridgehead atoms. The molecule has 7 nitrogen and oxygen atoms in total. The van der Waals surface area contributed by atoms with Gasteiger partial charge in [-0.05, 0) is 49.6 Å². The number of carbonyl (C=O) groups excluding carboxylic acids is 1. The SMILES string of the molecule is CCOc1ccc(C(=O)N2CCCC2c2ccc(OC)cc2)cc1[N+](=O)[O-]. The van der Waals surface area contributed by atoms with Crippen LogP contribution in [0.2, 0.25) is 0 Å². The fourth-order valence-electron chi connectivity index (χ4n) is 3.42. The Morgan fingerprint density at radius 1 is 1.26 bits per heavy atom. The van der Waals surface area contributed by atoms with Crippen molar-refractivity contribution in [2.45, 2.75) is 25.8 Å². The number of carbonyl (C=O) groups is 1. The van der Waals surface area contributed by atoms with E-state index in [0.717, 1.165) is 24.2 Å². The smallest absolute Gasteiger partial charge is 0.311 e. The molecule has 1 atom stereocenters. The Bertz CT molecular complexity index is 835. The van der Waals surface area contributed by atoms with Gasteiger partial charge in [0.15, 0.2) is 5.75 Å². The standard InChI is InChI=1S/C20H22N2O5/c1-3-27-19-11-8-15(13-18(19)22(24)25)20(23)21-12-4-5-17(21)14-6-9-16(26-2)10-7-14/h6-11,13,17H,3-5,12H2,1-2H3. The number of rotatable bonds is 6.